The summed E-state index contributed by atoms with van der Waals surface area (Å²) >= 11 is 0. The highest BCUT2D eigenvalue weighted by molar-refractivity contribution is 6.89. The first-order chi connectivity index (χ1) is 40.3. The molecule has 24 nitrogen and oxygen atoms in total. The summed E-state index contributed by atoms with van der Waals surface area (Å²) in [6.07, 6.45) is 1.80. The molecule has 84 heavy (non-hydrogen) atoms. The molecule has 0 aliphatic rings. The van der Waals surface area contributed by atoms with Gasteiger partial charge in [-0.1, -0.05) is 97.1 Å². The first-order valence-electron chi connectivity index (χ1n) is 25.4. The molecule has 6 aromatic rings. The van der Waals surface area contributed by atoms with Gasteiger partial charge in [-0.3, -0.25) is 15.6 Å². The second kappa shape index (κ2) is 33.5. The molecule has 0 unspecified atom stereocenters. The zero-order valence-electron chi connectivity index (χ0n) is 49.5. The van der Waals surface area contributed by atoms with Gasteiger partial charge in [-0.2, -0.15) is 0 Å². The monoisotopic (exact) mass is 1270 g/mol. The van der Waals surface area contributed by atoms with Crippen LogP contribution in [-0.2, 0) is 92.9 Å². The Labute approximate surface area is 498 Å². The van der Waals surface area contributed by atoms with Crippen LogP contribution in [0.4, 0.5) is 22.7 Å². The third kappa shape index (κ3) is 17.5. The molecule has 456 valence electrons. The van der Waals surface area contributed by atoms with Gasteiger partial charge < -0.3 is 97.4 Å². The van der Waals surface area contributed by atoms with E-state index in [1.807, 2.05) is 91.0 Å². The van der Waals surface area contributed by atoms with Gasteiger partial charge in [-0.25, -0.2) is 0 Å². The Balaban J connectivity index is 0.000000272. The molecule has 0 saturated heterocycles. The minimum atomic E-state index is -3.49. The lowest BCUT2D eigenvalue weighted by atomic mass is 10.2. The normalized spacial score (nSPS) is 12.0. The molecule has 0 heterocycles. The Kier molecular flexibility index (Phi) is 28.0. The van der Waals surface area contributed by atoms with Crippen molar-refractivity contribution in [2.45, 2.75) is 20.1 Å². The number of nitrogens with one attached hydrogen (secondary N) is 3. The SMILES string of the molecule is CO[Si](OC)(O[Si](OC)(OC)c1ccc(COC=N)cc1)c1ccc(N)cc1.CO[Si](OC)(O[Si](OC)(OC)c1ccc(N)cc1)c1ccc(N)cc1.CO[Si](OC)(O[Si](OC)(OC)c1cccc(NC(C)=O)c1)c1ccc(COC=N)cc1. The van der Waals surface area contributed by atoms with Crippen LogP contribution in [0, 0.1) is 10.8 Å². The number of ether oxygens (including phenoxy) is 2. The van der Waals surface area contributed by atoms with Crippen molar-refractivity contribution < 1.29 is 79.7 Å². The molecule has 0 saturated carbocycles. The lowest BCUT2D eigenvalue weighted by molar-refractivity contribution is -0.114. The molecule has 0 spiro atoms. The molecule has 9 N–H and O–H groups in total. The van der Waals surface area contributed by atoms with Gasteiger partial charge in [0, 0.05) is 146 Å². The highest BCUT2D eigenvalue weighted by Crippen LogP contribution is 2.23. The van der Waals surface area contributed by atoms with Crippen molar-refractivity contribution in [3.05, 3.63) is 157 Å². The number of nitrogens with two attached hydrogens (primary N) is 3. The van der Waals surface area contributed by atoms with E-state index >= 15 is 0 Å². The number of nitrogen functional groups attached to an aromatic ring is 3. The summed E-state index contributed by atoms with van der Waals surface area (Å²) in [5.74, 6) is -0.190. The molecule has 0 aliphatic heterocycles. The van der Waals surface area contributed by atoms with E-state index < -0.39 is 52.8 Å². The van der Waals surface area contributed by atoms with Crippen LogP contribution in [0.2, 0.25) is 0 Å². The van der Waals surface area contributed by atoms with Crippen molar-refractivity contribution in [3.8, 4) is 0 Å². The highest BCUT2D eigenvalue weighted by Gasteiger charge is 2.57. The summed E-state index contributed by atoms with van der Waals surface area (Å²) in [5, 5.41) is 21.0. The fraction of sp³-hybridized carbons (Fsp3) is 0.278. The molecule has 0 bridgehead atoms. The van der Waals surface area contributed by atoms with Gasteiger partial charge in [0.2, 0.25) is 5.91 Å². The quantitative estimate of drug-likeness (QED) is 0.0158. The second-order valence-corrected chi connectivity index (χ2v) is 35.0. The van der Waals surface area contributed by atoms with Gasteiger partial charge in [0.25, 0.3) is 0 Å². The fourth-order valence-electron chi connectivity index (χ4n) is 8.24. The first kappa shape index (κ1) is 70.3. The molecule has 0 aliphatic carbocycles. The van der Waals surface area contributed by atoms with Gasteiger partial charge in [-0.05, 0) is 59.7 Å². The smallest absolute Gasteiger partial charge is 0.479 e. The summed E-state index contributed by atoms with van der Waals surface area (Å²) in [7, 11) is -1.86. The van der Waals surface area contributed by atoms with E-state index in [1.54, 1.807) is 83.0 Å². The number of amides is 1. The van der Waals surface area contributed by atoms with E-state index in [9.17, 15) is 4.79 Å². The molecular formula is C54H78N6O18Si6. The molecule has 0 fully saturated rings. The van der Waals surface area contributed by atoms with E-state index in [0.29, 0.717) is 39.7 Å². The minimum absolute atomic E-state index is 0.190. The lowest BCUT2D eigenvalue weighted by Crippen LogP contribution is -2.68. The third-order valence-corrected chi connectivity index (χ3v) is 31.8. The third-order valence-electron chi connectivity index (χ3n) is 12.6. The van der Waals surface area contributed by atoms with Gasteiger partial charge >= 0.3 is 52.8 Å². The molecule has 0 atom stereocenters. The van der Waals surface area contributed by atoms with E-state index in [-0.39, 0.29) is 12.5 Å². The maximum absolute atomic E-state index is 11.5. The number of rotatable bonds is 31. The van der Waals surface area contributed by atoms with E-state index in [4.69, 9.17) is 103 Å². The molecule has 0 radical (unpaired) electrons. The van der Waals surface area contributed by atoms with E-state index in [0.717, 1.165) is 44.7 Å². The highest BCUT2D eigenvalue weighted by atomic mass is 28.5. The standard InChI is InChI=1S/C20H28N2O7Si2.C18H26N2O6Si2.C16H24N2O5Si2/c1-16(23)22-18-7-6-8-20(13-18)31(26-4,27-5)29-30(24-2,25-3)19-11-9-17(10-12-19)14-28-15-21;1-21-27(22-2,17-9-5-15(6-10-17)13-25-14-19)26-28(23-3,24-4)18-11-7-16(20)8-12-18;1-19-24(20-2,15-9-5-13(17)6-10-15)23-25(21-3,22-4)16-11-7-14(18)8-12-16/h6-13,15,21H,14H2,1-5H3,(H,22,23);5-12,14,19H,13,20H2,1-4H3;5-12H,17-18H2,1-4H3. The van der Waals surface area contributed by atoms with E-state index in [2.05, 4.69) is 5.32 Å². The molecule has 1 amide bonds. The topological polar surface area (TPSA) is 312 Å². The summed E-state index contributed by atoms with van der Waals surface area (Å²) < 4.78 is 98.5. The number of hydrogen-bond acceptors (Lipinski definition) is 23. The first-order valence-corrected chi connectivity index (χ1v) is 35.8. The molecule has 30 heteroatoms. The Bertz CT molecular complexity index is 2860. The zero-order chi connectivity index (χ0) is 62.0. The van der Waals surface area contributed by atoms with Crippen molar-refractivity contribution in [1.82, 2.24) is 0 Å². The van der Waals surface area contributed by atoms with Crippen molar-refractivity contribution in [3.63, 3.8) is 0 Å². The predicted molar refractivity (Wildman–Crippen MR) is 333 cm³/mol. The summed E-state index contributed by atoms with van der Waals surface area (Å²) in [4.78, 5) is 11.5. The van der Waals surface area contributed by atoms with Crippen LogP contribution in [0.25, 0.3) is 0 Å². The minimum Gasteiger partial charge on any atom is -0.479 e. The number of anilines is 4. The molecule has 6 aromatic carbocycles. The van der Waals surface area contributed by atoms with Crippen LogP contribution in [-0.4, -0.2) is 157 Å². The lowest BCUT2D eigenvalue weighted by Gasteiger charge is -2.36. The van der Waals surface area contributed by atoms with Gasteiger partial charge in [-0.15, -0.1) is 0 Å². The maximum Gasteiger partial charge on any atom is 0.529 e. The Morgan fingerprint density at radius 1 is 0.381 bits per heavy atom. The largest absolute Gasteiger partial charge is 0.529 e. The molecule has 6 rings (SSSR count). The average molecular weight is 1270 g/mol. The van der Waals surface area contributed by atoms with Crippen molar-refractivity contribution in [1.29, 1.82) is 10.8 Å². The molecule has 0 aromatic heterocycles. The average Bonchev–Trinajstić information content (AvgIpc) is 2.79. The van der Waals surface area contributed by atoms with Crippen LogP contribution in [0.5, 0.6) is 0 Å². The Hall–Kier alpha value is -6.17. The van der Waals surface area contributed by atoms with Crippen LogP contribution >= 0.6 is 0 Å². The number of carbonyl (C=O) groups is 1. The number of benzene rings is 6. The summed E-state index contributed by atoms with van der Waals surface area (Å²) in [5.41, 5.74) is 21.6. The van der Waals surface area contributed by atoms with Gasteiger partial charge in [0.1, 0.15) is 13.2 Å². The number of carbonyl (C=O) groups excluding carboxylic acids is 1. The second-order valence-electron chi connectivity index (χ2n) is 17.5. The summed E-state index contributed by atoms with van der Waals surface area (Å²) in [6.45, 7) is 2.02. The van der Waals surface area contributed by atoms with Crippen LogP contribution in [0.15, 0.2) is 146 Å². The van der Waals surface area contributed by atoms with E-state index in [1.165, 1.54) is 63.8 Å². The fourth-order valence-corrected chi connectivity index (χ4v) is 26.6. The van der Waals surface area contributed by atoms with Crippen molar-refractivity contribution >= 4 is 125 Å². The van der Waals surface area contributed by atoms with Crippen LogP contribution in [0.3, 0.4) is 0 Å². The summed E-state index contributed by atoms with van der Waals surface area (Å²) in [6, 6.07) is 43.4. The maximum atomic E-state index is 11.5. The van der Waals surface area contributed by atoms with Crippen molar-refractivity contribution in [2.75, 3.05) is 108 Å². The van der Waals surface area contributed by atoms with Gasteiger partial charge in [0.15, 0.2) is 12.8 Å². The Morgan fingerprint density at radius 3 is 0.845 bits per heavy atom. The van der Waals surface area contributed by atoms with Crippen molar-refractivity contribution in [2.24, 2.45) is 0 Å². The predicted octanol–water partition coefficient (Wildman–Crippen LogP) is 2.79. The zero-order valence-corrected chi connectivity index (χ0v) is 55.5. The number of hydrogen-bond donors (Lipinski definition) is 6. The van der Waals surface area contributed by atoms with Crippen LogP contribution < -0.4 is 53.6 Å². The molecular weight excluding hydrogens is 1190 g/mol. The van der Waals surface area contributed by atoms with Gasteiger partial charge in [0.05, 0.1) is 0 Å². The Morgan fingerprint density at radius 2 is 0.619 bits per heavy atom. The van der Waals surface area contributed by atoms with Crippen LogP contribution in [0.1, 0.15) is 18.1 Å².